The molecule has 0 aromatic heterocycles. The molecule has 0 radical (unpaired) electrons. The molecule has 1 aliphatic heterocycles. The summed E-state index contributed by atoms with van der Waals surface area (Å²) in [5.74, 6) is 0. The predicted octanol–water partition coefficient (Wildman–Crippen LogP) is 3.94. The van der Waals surface area contributed by atoms with E-state index < -0.39 is 0 Å². The molecule has 0 amide bonds. The Labute approximate surface area is 99.3 Å². The molecule has 1 aliphatic carbocycles. The van der Waals surface area contributed by atoms with Gasteiger partial charge in [0, 0.05) is 16.7 Å². The van der Waals surface area contributed by atoms with Crippen molar-refractivity contribution in [2.24, 2.45) is 5.41 Å². The van der Waals surface area contributed by atoms with Crippen LogP contribution in [-0.2, 0) is 0 Å². The van der Waals surface area contributed by atoms with Crippen LogP contribution in [0, 0.1) is 5.41 Å². The lowest BCUT2D eigenvalue weighted by Gasteiger charge is -2.39. The maximum absolute atomic E-state index is 4.03. The molecule has 2 aliphatic rings. The second kappa shape index (κ2) is 3.80. The van der Waals surface area contributed by atoms with E-state index in [2.05, 4.69) is 50.9 Å². The third-order valence-electron chi connectivity index (χ3n) is 4.69. The molecule has 1 heteroatoms. The molecule has 2 rings (SSSR count). The SMILES string of the molecule is C=CC1=C(/C=C\C)N[C@]2(C)CCC[C@]12CC. The highest BCUT2D eigenvalue weighted by atomic mass is 15.1. The molecule has 2 atom stereocenters. The summed E-state index contributed by atoms with van der Waals surface area (Å²) in [6.45, 7) is 10.8. The molecule has 0 unspecified atom stereocenters. The summed E-state index contributed by atoms with van der Waals surface area (Å²) >= 11 is 0. The Morgan fingerprint density at radius 1 is 1.44 bits per heavy atom. The molecule has 1 N–H and O–H groups in total. The zero-order valence-electron chi connectivity index (χ0n) is 10.8. The molecule has 0 saturated heterocycles. The van der Waals surface area contributed by atoms with Crippen LogP contribution in [0.5, 0.6) is 0 Å². The minimum atomic E-state index is 0.250. The van der Waals surface area contributed by atoms with E-state index in [1.54, 1.807) is 0 Å². The van der Waals surface area contributed by atoms with Crippen molar-refractivity contribution in [3.05, 3.63) is 36.1 Å². The fourth-order valence-electron chi connectivity index (χ4n) is 3.86. The average molecular weight is 217 g/mol. The van der Waals surface area contributed by atoms with Gasteiger partial charge in [0.15, 0.2) is 0 Å². The Morgan fingerprint density at radius 3 is 2.75 bits per heavy atom. The van der Waals surface area contributed by atoms with Crippen molar-refractivity contribution in [2.45, 2.75) is 52.0 Å². The fourth-order valence-corrected chi connectivity index (χ4v) is 3.86. The van der Waals surface area contributed by atoms with Crippen LogP contribution in [0.25, 0.3) is 0 Å². The Hall–Kier alpha value is -0.980. The predicted molar refractivity (Wildman–Crippen MR) is 70.2 cm³/mol. The second-order valence-electron chi connectivity index (χ2n) is 5.28. The summed E-state index contributed by atoms with van der Waals surface area (Å²) in [6, 6.07) is 0. The Balaban J connectivity index is 2.53. The monoisotopic (exact) mass is 217 g/mol. The van der Waals surface area contributed by atoms with Crippen molar-refractivity contribution < 1.29 is 0 Å². The zero-order valence-corrected chi connectivity index (χ0v) is 10.8. The summed E-state index contributed by atoms with van der Waals surface area (Å²) in [5.41, 5.74) is 3.30. The quantitative estimate of drug-likeness (QED) is 0.755. The molecule has 1 heterocycles. The molecular weight excluding hydrogens is 194 g/mol. The van der Waals surface area contributed by atoms with Crippen LogP contribution >= 0.6 is 0 Å². The first-order chi connectivity index (χ1) is 7.63. The number of hydrogen-bond acceptors (Lipinski definition) is 1. The van der Waals surface area contributed by atoms with Gasteiger partial charge in [0.05, 0.1) is 0 Å². The average Bonchev–Trinajstić information content (AvgIpc) is 2.67. The van der Waals surface area contributed by atoms with Crippen LogP contribution < -0.4 is 5.32 Å². The number of hydrogen-bond donors (Lipinski definition) is 1. The van der Waals surface area contributed by atoms with Crippen molar-refractivity contribution in [1.82, 2.24) is 5.32 Å². The zero-order chi connectivity index (χ0) is 11.8. The molecule has 1 fully saturated rings. The van der Waals surface area contributed by atoms with E-state index in [0.29, 0.717) is 5.41 Å². The highest BCUT2D eigenvalue weighted by molar-refractivity contribution is 5.46. The van der Waals surface area contributed by atoms with Gasteiger partial charge in [-0.2, -0.15) is 0 Å². The minimum absolute atomic E-state index is 0.250. The van der Waals surface area contributed by atoms with E-state index in [9.17, 15) is 0 Å². The highest BCUT2D eigenvalue weighted by Crippen LogP contribution is 2.58. The van der Waals surface area contributed by atoms with E-state index in [1.807, 2.05) is 0 Å². The van der Waals surface area contributed by atoms with E-state index in [4.69, 9.17) is 0 Å². The molecule has 16 heavy (non-hydrogen) atoms. The first-order valence-corrected chi connectivity index (χ1v) is 6.41. The first kappa shape index (κ1) is 11.5. The van der Waals surface area contributed by atoms with Crippen LogP contribution in [0.15, 0.2) is 36.1 Å². The van der Waals surface area contributed by atoms with Gasteiger partial charge in [-0.15, -0.1) is 0 Å². The van der Waals surface area contributed by atoms with Gasteiger partial charge in [-0.25, -0.2) is 0 Å². The number of rotatable bonds is 3. The Morgan fingerprint density at radius 2 is 2.19 bits per heavy atom. The minimum Gasteiger partial charge on any atom is -0.379 e. The molecule has 1 nitrogen and oxygen atoms in total. The summed E-state index contributed by atoms with van der Waals surface area (Å²) < 4.78 is 0. The Kier molecular flexibility index (Phi) is 2.73. The van der Waals surface area contributed by atoms with E-state index in [-0.39, 0.29) is 5.54 Å². The molecule has 0 aromatic carbocycles. The maximum atomic E-state index is 4.03. The first-order valence-electron chi connectivity index (χ1n) is 6.41. The lowest BCUT2D eigenvalue weighted by Crippen LogP contribution is -2.46. The van der Waals surface area contributed by atoms with Crippen molar-refractivity contribution in [3.8, 4) is 0 Å². The van der Waals surface area contributed by atoms with Crippen LogP contribution in [0.1, 0.15) is 46.5 Å². The fraction of sp³-hybridized carbons (Fsp3) is 0.600. The molecule has 0 bridgehead atoms. The lowest BCUT2D eigenvalue weighted by atomic mass is 9.68. The van der Waals surface area contributed by atoms with Crippen LogP contribution in [0.4, 0.5) is 0 Å². The van der Waals surface area contributed by atoms with Crippen molar-refractivity contribution in [1.29, 1.82) is 0 Å². The lowest BCUT2D eigenvalue weighted by molar-refractivity contribution is 0.216. The molecule has 88 valence electrons. The summed E-state index contributed by atoms with van der Waals surface area (Å²) in [4.78, 5) is 0. The van der Waals surface area contributed by atoms with Crippen LogP contribution in [0.2, 0.25) is 0 Å². The third-order valence-corrected chi connectivity index (χ3v) is 4.69. The summed E-state index contributed by atoms with van der Waals surface area (Å²) in [6.07, 6.45) is 11.5. The summed E-state index contributed by atoms with van der Waals surface area (Å²) in [5, 5.41) is 3.74. The smallest absolute Gasteiger partial charge is 0.0442 e. The summed E-state index contributed by atoms with van der Waals surface area (Å²) in [7, 11) is 0. The van der Waals surface area contributed by atoms with Gasteiger partial charge in [-0.05, 0) is 44.8 Å². The van der Waals surface area contributed by atoms with Gasteiger partial charge >= 0.3 is 0 Å². The van der Waals surface area contributed by atoms with E-state index >= 15 is 0 Å². The van der Waals surface area contributed by atoms with Crippen molar-refractivity contribution in [2.75, 3.05) is 0 Å². The molecular formula is C15H23N. The Bertz CT molecular complexity index is 364. The van der Waals surface area contributed by atoms with Gasteiger partial charge in [0.1, 0.15) is 0 Å². The molecule has 1 saturated carbocycles. The van der Waals surface area contributed by atoms with Gasteiger partial charge < -0.3 is 5.32 Å². The van der Waals surface area contributed by atoms with Crippen LogP contribution in [-0.4, -0.2) is 5.54 Å². The normalized spacial score (nSPS) is 37.9. The topological polar surface area (TPSA) is 12.0 Å². The van der Waals surface area contributed by atoms with Gasteiger partial charge in [0.2, 0.25) is 0 Å². The van der Waals surface area contributed by atoms with Crippen molar-refractivity contribution >= 4 is 0 Å². The van der Waals surface area contributed by atoms with E-state index in [0.717, 1.165) is 0 Å². The second-order valence-corrected chi connectivity index (χ2v) is 5.28. The number of nitrogens with one attached hydrogen (secondary N) is 1. The van der Waals surface area contributed by atoms with Crippen LogP contribution in [0.3, 0.4) is 0 Å². The number of allylic oxidation sites excluding steroid dienone is 3. The molecule has 0 spiro atoms. The van der Waals surface area contributed by atoms with Gasteiger partial charge in [-0.1, -0.05) is 32.1 Å². The third kappa shape index (κ3) is 1.24. The van der Waals surface area contributed by atoms with E-state index in [1.165, 1.54) is 37.0 Å². The molecule has 0 aromatic rings. The van der Waals surface area contributed by atoms with Gasteiger partial charge in [0.25, 0.3) is 0 Å². The highest BCUT2D eigenvalue weighted by Gasteiger charge is 2.56. The van der Waals surface area contributed by atoms with Gasteiger partial charge in [-0.3, -0.25) is 0 Å². The largest absolute Gasteiger partial charge is 0.379 e. The standard InChI is InChI=1S/C15H23N/c1-5-9-13-12(6-2)15(7-3)11-8-10-14(15,4)16-13/h5-6,9,16H,2,7-8,10-11H2,1,3-4H3/b9-5-/t14-,15-/m1/s1. The van der Waals surface area contributed by atoms with Crippen molar-refractivity contribution in [3.63, 3.8) is 0 Å². The maximum Gasteiger partial charge on any atom is 0.0442 e. The number of fused-ring (bicyclic) bond motifs is 1.